The van der Waals surface area contributed by atoms with Gasteiger partial charge in [-0.2, -0.15) is 0 Å². The highest BCUT2D eigenvalue weighted by Gasteiger charge is 2.39. The fourth-order valence-corrected chi connectivity index (χ4v) is 4.27. The van der Waals surface area contributed by atoms with Gasteiger partial charge in [-0.15, -0.1) is 6.58 Å². The Morgan fingerprint density at radius 3 is 2.65 bits per heavy atom. The average Bonchev–Trinajstić information content (AvgIpc) is 3.36. The largest absolute Gasteiger partial charge is 0.373 e. The lowest BCUT2D eigenvalue weighted by atomic mass is 9.95. The molecule has 6 nitrogen and oxygen atoms in total. The number of benzene rings is 1. The van der Waals surface area contributed by atoms with Crippen LogP contribution in [0.5, 0.6) is 0 Å². The summed E-state index contributed by atoms with van der Waals surface area (Å²) in [6.07, 6.45) is 0.692. The zero-order valence-corrected chi connectivity index (χ0v) is 21.6. The van der Waals surface area contributed by atoms with Crippen molar-refractivity contribution in [2.75, 3.05) is 11.9 Å². The second kappa shape index (κ2) is 12.0. The Morgan fingerprint density at radius 2 is 2.03 bits per heavy atom. The Bertz CT molecular complexity index is 1120. The van der Waals surface area contributed by atoms with Crippen molar-refractivity contribution in [1.82, 2.24) is 15.3 Å². The van der Waals surface area contributed by atoms with Crippen molar-refractivity contribution in [3.05, 3.63) is 64.9 Å². The molecule has 0 radical (unpaired) electrons. The summed E-state index contributed by atoms with van der Waals surface area (Å²) in [5, 5.41) is 5.57. The lowest BCUT2D eigenvalue weighted by molar-refractivity contribution is -0.127. The van der Waals surface area contributed by atoms with Gasteiger partial charge >= 0.3 is 0 Å². The average molecular weight is 523 g/mol. The van der Waals surface area contributed by atoms with E-state index in [1.54, 1.807) is 19.9 Å². The maximum atomic E-state index is 15.5. The number of amides is 1. The molecule has 0 bridgehead atoms. The van der Waals surface area contributed by atoms with Crippen molar-refractivity contribution >= 4 is 11.7 Å². The van der Waals surface area contributed by atoms with E-state index in [9.17, 15) is 13.6 Å². The van der Waals surface area contributed by atoms with E-state index >= 15 is 8.78 Å². The van der Waals surface area contributed by atoms with E-state index < -0.39 is 41.4 Å². The lowest BCUT2D eigenvalue weighted by Crippen LogP contribution is -2.35. The molecule has 1 saturated heterocycles. The minimum atomic E-state index is -3.35. The zero-order chi connectivity index (χ0) is 27.3. The molecule has 10 heteroatoms. The minimum absolute atomic E-state index is 0.00159. The smallest absolute Gasteiger partial charge is 0.278 e. The molecule has 1 fully saturated rings. The van der Waals surface area contributed by atoms with E-state index in [-0.39, 0.29) is 41.0 Å². The Balaban J connectivity index is 1.96. The van der Waals surface area contributed by atoms with E-state index in [2.05, 4.69) is 27.2 Å². The molecule has 2 N–H and O–H groups in total. The van der Waals surface area contributed by atoms with Crippen LogP contribution in [0, 0.1) is 18.7 Å². The maximum absolute atomic E-state index is 15.5. The molecule has 2 aromatic rings. The van der Waals surface area contributed by atoms with Gasteiger partial charge in [-0.25, -0.2) is 27.5 Å². The number of aromatic nitrogens is 2. The van der Waals surface area contributed by atoms with E-state index in [1.807, 2.05) is 0 Å². The minimum Gasteiger partial charge on any atom is -0.373 e. The van der Waals surface area contributed by atoms with E-state index in [0.717, 1.165) is 12.5 Å². The van der Waals surface area contributed by atoms with E-state index in [0.29, 0.717) is 19.4 Å². The summed E-state index contributed by atoms with van der Waals surface area (Å²) in [6, 6.07) is 3.52. The Kier molecular flexibility index (Phi) is 9.28. The van der Waals surface area contributed by atoms with Crippen molar-refractivity contribution in [2.24, 2.45) is 5.92 Å². The number of hydrogen-bond acceptors (Lipinski definition) is 5. The molecular weight excluding hydrogens is 488 g/mol. The molecule has 2 heterocycles. The molecule has 0 saturated carbocycles. The summed E-state index contributed by atoms with van der Waals surface area (Å²) in [7, 11) is 0. The first-order valence-electron chi connectivity index (χ1n) is 12.4. The van der Waals surface area contributed by atoms with Crippen LogP contribution < -0.4 is 10.6 Å². The molecule has 1 aliphatic heterocycles. The lowest BCUT2D eigenvalue weighted by Gasteiger charge is -2.23. The van der Waals surface area contributed by atoms with Gasteiger partial charge in [-0.3, -0.25) is 4.79 Å². The number of nitrogens with zero attached hydrogens (tertiary/aromatic N) is 2. The summed E-state index contributed by atoms with van der Waals surface area (Å²) in [5.74, 6) is -5.95. The highest BCUT2D eigenvalue weighted by Crippen LogP contribution is 2.39. The maximum Gasteiger partial charge on any atom is 0.278 e. The predicted octanol–water partition coefficient (Wildman–Crippen LogP) is 6.23. The molecule has 3 rings (SSSR count). The van der Waals surface area contributed by atoms with Crippen LogP contribution in [0.2, 0.25) is 0 Å². The third-order valence-electron chi connectivity index (χ3n) is 6.33. The van der Waals surface area contributed by atoms with Gasteiger partial charge in [0.1, 0.15) is 17.5 Å². The number of halogens is 4. The highest BCUT2D eigenvalue weighted by atomic mass is 19.3. The number of rotatable bonds is 11. The first-order valence-corrected chi connectivity index (χ1v) is 12.4. The molecule has 1 aromatic carbocycles. The third kappa shape index (κ3) is 6.47. The summed E-state index contributed by atoms with van der Waals surface area (Å²) < 4.78 is 65.6. The van der Waals surface area contributed by atoms with Gasteiger partial charge in [0.05, 0.1) is 17.4 Å². The van der Waals surface area contributed by atoms with Gasteiger partial charge < -0.3 is 15.4 Å². The summed E-state index contributed by atoms with van der Waals surface area (Å²) in [4.78, 5) is 21.3. The number of ether oxygens (including phenoxy) is 1. The van der Waals surface area contributed by atoms with Crippen molar-refractivity contribution in [3.8, 4) is 0 Å². The fraction of sp³-hybridized carbons (Fsp3) is 0.519. The number of carbonyl (C=O) groups is 1. The van der Waals surface area contributed by atoms with Crippen LogP contribution in [-0.2, 0) is 22.0 Å². The number of aryl methyl sites for hydroxylation is 1. The quantitative estimate of drug-likeness (QED) is 0.270. The molecular formula is C27H34F4N4O2. The first-order chi connectivity index (χ1) is 17.5. The van der Waals surface area contributed by atoms with Gasteiger partial charge in [-0.05, 0) is 33.1 Å². The van der Waals surface area contributed by atoms with Crippen molar-refractivity contribution in [1.29, 1.82) is 0 Å². The Hall–Kier alpha value is -3.01. The van der Waals surface area contributed by atoms with Crippen LogP contribution in [-0.4, -0.2) is 28.5 Å². The summed E-state index contributed by atoms with van der Waals surface area (Å²) >= 11 is 0. The van der Waals surface area contributed by atoms with Crippen LogP contribution in [0.3, 0.4) is 0 Å². The molecule has 0 spiro atoms. The molecule has 202 valence electrons. The van der Waals surface area contributed by atoms with E-state index in [1.165, 1.54) is 26.0 Å². The van der Waals surface area contributed by atoms with Crippen molar-refractivity contribution in [2.45, 2.75) is 77.7 Å². The molecule has 37 heavy (non-hydrogen) atoms. The second-order valence-corrected chi connectivity index (χ2v) is 9.63. The molecule has 0 aliphatic carbocycles. The molecule has 1 amide bonds. The molecule has 3 unspecified atom stereocenters. The zero-order valence-electron chi connectivity index (χ0n) is 21.6. The van der Waals surface area contributed by atoms with Gasteiger partial charge in [-0.1, -0.05) is 38.1 Å². The Morgan fingerprint density at radius 1 is 1.30 bits per heavy atom. The van der Waals surface area contributed by atoms with Gasteiger partial charge in [0.25, 0.3) is 11.8 Å². The predicted molar refractivity (Wildman–Crippen MR) is 133 cm³/mol. The van der Waals surface area contributed by atoms with Gasteiger partial charge in [0.15, 0.2) is 0 Å². The second-order valence-electron chi connectivity index (χ2n) is 9.63. The molecule has 1 aromatic heterocycles. The number of nitrogens with one attached hydrogen (secondary N) is 2. The number of carbonyl (C=O) groups excluding carboxylic acids is 1. The summed E-state index contributed by atoms with van der Waals surface area (Å²) in [5.41, 5.74) is -0.548. The normalized spacial score (nSPS) is 17.5. The molecule has 1 aliphatic rings. The highest BCUT2D eigenvalue weighted by molar-refractivity contribution is 5.82. The number of alkyl halides is 3. The van der Waals surface area contributed by atoms with Crippen LogP contribution in [0.15, 0.2) is 30.9 Å². The number of hydrogen-bond donors (Lipinski definition) is 2. The van der Waals surface area contributed by atoms with Crippen molar-refractivity contribution < 1.29 is 27.1 Å². The SMILES string of the molecule is C=CCC(C)NC(=O)C(F)c1nc(C)nc(NCc2cccc(C(F)(F)C(C)C)c2F)c1C1CCCO1. The van der Waals surface area contributed by atoms with Crippen molar-refractivity contribution in [3.63, 3.8) is 0 Å². The van der Waals surface area contributed by atoms with Crippen LogP contribution in [0.4, 0.5) is 23.4 Å². The van der Waals surface area contributed by atoms with Gasteiger partial charge in [0, 0.05) is 36.2 Å². The summed E-state index contributed by atoms with van der Waals surface area (Å²) in [6.45, 7) is 9.80. The molecule has 3 atom stereocenters. The Labute approximate surface area is 214 Å². The van der Waals surface area contributed by atoms with E-state index in [4.69, 9.17) is 4.74 Å². The van der Waals surface area contributed by atoms with Crippen LogP contribution >= 0.6 is 0 Å². The monoisotopic (exact) mass is 522 g/mol. The fourth-order valence-electron chi connectivity index (χ4n) is 4.27. The van der Waals surface area contributed by atoms with Gasteiger partial charge in [0.2, 0.25) is 6.17 Å². The van der Waals surface area contributed by atoms with Crippen LogP contribution in [0.1, 0.15) is 80.5 Å². The number of anilines is 1. The topological polar surface area (TPSA) is 76.1 Å². The van der Waals surface area contributed by atoms with Crippen LogP contribution in [0.25, 0.3) is 0 Å². The standard InChI is InChI=1S/C27H34F4N4O2/c1-6-9-16(4)33-26(36)23(29)24-21(20-12-8-13-37-20)25(35-17(5)34-24)32-14-18-10-7-11-19(22(18)28)27(30,31)15(2)3/h6-7,10-11,15-16,20,23H,1,8-9,12-14H2,2-5H3,(H,33,36)(H,32,34,35). The first kappa shape index (κ1) is 28.6. The third-order valence-corrected chi connectivity index (χ3v) is 6.33.